The average molecular weight is 314 g/mol. The number of aliphatic hydroxyl groups is 2. The van der Waals surface area contributed by atoms with Gasteiger partial charge in [-0.15, -0.1) is 0 Å². The molecule has 0 aliphatic carbocycles. The normalized spacial score (nSPS) is 13.5. The number of hydrogen-bond acceptors (Lipinski definition) is 6. The first-order chi connectivity index (χ1) is 9.76. The molecule has 0 aromatic carbocycles. The van der Waals surface area contributed by atoms with Gasteiger partial charge >= 0.3 is 17.9 Å². The summed E-state index contributed by atoms with van der Waals surface area (Å²) >= 11 is 0. The lowest BCUT2D eigenvalue weighted by Gasteiger charge is -2.43. The second kappa shape index (κ2) is 7.07. The van der Waals surface area contributed by atoms with Crippen LogP contribution in [0.5, 0.6) is 0 Å². The standard InChI is InChI=1S/C16H26O6/c1-9(2)12(17)15(7,8)16(20,21-13(18)10(3)4)22-14(19)11(5)6/h9,12,17,20H,3,5H2,1-2,4,6-8H3. The van der Waals surface area contributed by atoms with E-state index in [2.05, 4.69) is 13.2 Å². The third kappa shape index (κ3) is 4.42. The molecule has 0 aromatic heterocycles. The minimum Gasteiger partial charge on any atom is -0.394 e. The number of carbonyl (C=O) groups excluding carboxylic acids is 2. The summed E-state index contributed by atoms with van der Waals surface area (Å²) in [4.78, 5) is 23.5. The molecule has 22 heavy (non-hydrogen) atoms. The van der Waals surface area contributed by atoms with Gasteiger partial charge in [0.1, 0.15) is 0 Å². The molecule has 6 heteroatoms. The Hall–Kier alpha value is -1.66. The Balaban J connectivity index is 5.77. The van der Waals surface area contributed by atoms with Crippen molar-refractivity contribution in [2.75, 3.05) is 0 Å². The molecule has 0 saturated carbocycles. The maximum atomic E-state index is 11.8. The van der Waals surface area contributed by atoms with Crippen LogP contribution in [0.25, 0.3) is 0 Å². The summed E-state index contributed by atoms with van der Waals surface area (Å²) in [5.74, 6) is -4.83. The highest BCUT2D eigenvalue weighted by Gasteiger charge is 2.56. The van der Waals surface area contributed by atoms with Gasteiger partial charge in [-0.2, -0.15) is 0 Å². The second-order valence-electron chi connectivity index (χ2n) is 6.33. The fraction of sp³-hybridized carbons (Fsp3) is 0.625. The Kier molecular flexibility index (Phi) is 6.53. The van der Waals surface area contributed by atoms with Crippen molar-refractivity contribution in [1.82, 2.24) is 0 Å². The van der Waals surface area contributed by atoms with Crippen molar-refractivity contribution in [1.29, 1.82) is 0 Å². The number of carbonyl (C=O) groups is 2. The van der Waals surface area contributed by atoms with E-state index in [1.807, 2.05) is 0 Å². The van der Waals surface area contributed by atoms with Crippen molar-refractivity contribution >= 4 is 11.9 Å². The van der Waals surface area contributed by atoms with Crippen LogP contribution in [-0.4, -0.2) is 34.2 Å². The van der Waals surface area contributed by atoms with Crippen LogP contribution in [0.2, 0.25) is 0 Å². The van der Waals surface area contributed by atoms with Gasteiger partial charge in [0.15, 0.2) is 0 Å². The molecule has 0 amide bonds. The average Bonchev–Trinajstić information content (AvgIpc) is 2.36. The fourth-order valence-corrected chi connectivity index (χ4v) is 1.73. The Bertz CT molecular complexity index is 447. The van der Waals surface area contributed by atoms with Crippen molar-refractivity contribution in [3.63, 3.8) is 0 Å². The van der Waals surface area contributed by atoms with Crippen LogP contribution in [0, 0.1) is 11.3 Å². The number of hydrogen-bond donors (Lipinski definition) is 2. The molecule has 6 nitrogen and oxygen atoms in total. The summed E-state index contributed by atoms with van der Waals surface area (Å²) in [5, 5.41) is 21.0. The van der Waals surface area contributed by atoms with Gasteiger partial charge in [-0.05, 0) is 33.6 Å². The zero-order chi connectivity index (χ0) is 17.9. The Morgan fingerprint density at radius 2 is 1.32 bits per heavy atom. The maximum absolute atomic E-state index is 11.8. The van der Waals surface area contributed by atoms with Crippen molar-refractivity contribution in [2.45, 2.75) is 53.6 Å². The third-order valence-electron chi connectivity index (χ3n) is 3.34. The van der Waals surface area contributed by atoms with Crippen LogP contribution in [-0.2, 0) is 19.1 Å². The number of aliphatic hydroxyl groups excluding tert-OH is 1. The van der Waals surface area contributed by atoms with E-state index in [-0.39, 0.29) is 17.1 Å². The van der Waals surface area contributed by atoms with Crippen molar-refractivity contribution in [3.05, 3.63) is 24.3 Å². The third-order valence-corrected chi connectivity index (χ3v) is 3.34. The predicted octanol–water partition coefficient (Wildman–Crippen LogP) is 1.91. The minimum atomic E-state index is -2.66. The van der Waals surface area contributed by atoms with Crippen LogP contribution in [0.1, 0.15) is 41.5 Å². The molecule has 2 N–H and O–H groups in total. The number of rotatable bonds is 7. The first-order valence-electron chi connectivity index (χ1n) is 6.94. The molecular formula is C16H26O6. The second-order valence-corrected chi connectivity index (χ2v) is 6.33. The van der Waals surface area contributed by atoms with Gasteiger partial charge in [-0.1, -0.05) is 27.0 Å². The molecule has 1 unspecified atom stereocenters. The maximum Gasteiger partial charge on any atom is 0.381 e. The summed E-state index contributed by atoms with van der Waals surface area (Å²) in [6, 6.07) is 0. The van der Waals surface area contributed by atoms with Crippen LogP contribution >= 0.6 is 0 Å². The molecule has 0 fully saturated rings. The topological polar surface area (TPSA) is 93.1 Å². The Morgan fingerprint density at radius 1 is 1.00 bits per heavy atom. The summed E-state index contributed by atoms with van der Waals surface area (Å²) in [5.41, 5.74) is -1.46. The lowest BCUT2D eigenvalue weighted by Crippen LogP contribution is -2.58. The van der Waals surface area contributed by atoms with E-state index in [1.165, 1.54) is 27.7 Å². The number of ether oxygens (including phenoxy) is 2. The van der Waals surface area contributed by atoms with Crippen molar-refractivity contribution < 1.29 is 29.3 Å². The zero-order valence-electron chi connectivity index (χ0n) is 14.1. The number of esters is 2. The first kappa shape index (κ1) is 20.3. The summed E-state index contributed by atoms with van der Waals surface area (Å²) in [6.07, 6.45) is -1.12. The van der Waals surface area contributed by atoms with E-state index < -0.39 is 29.4 Å². The van der Waals surface area contributed by atoms with Gasteiger partial charge < -0.3 is 19.7 Å². The molecular weight excluding hydrogens is 288 g/mol. The van der Waals surface area contributed by atoms with Gasteiger partial charge in [0.2, 0.25) is 0 Å². The van der Waals surface area contributed by atoms with E-state index in [9.17, 15) is 19.8 Å². The quantitative estimate of drug-likeness (QED) is 0.423. The van der Waals surface area contributed by atoms with E-state index in [0.717, 1.165) is 0 Å². The van der Waals surface area contributed by atoms with Crippen LogP contribution in [0.3, 0.4) is 0 Å². The lowest BCUT2D eigenvalue weighted by molar-refractivity contribution is -0.384. The van der Waals surface area contributed by atoms with E-state index >= 15 is 0 Å². The molecule has 0 aliphatic rings. The van der Waals surface area contributed by atoms with E-state index in [1.54, 1.807) is 13.8 Å². The van der Waals surface area contributed by atoms with E-state index in [4.69, 9.17) is 9.47 Å². The van der Waals surface area contributed by atoms with Crippen LogP contribution in [0.4, 0.5) is 0 Å². The Labute approximate surface area is 131 Å². The molecule has 0 aromatic rings. The highest BCUT2D eigenvalue weighted by atomic mass is 16.8. The smallest absolute Gasteiger partial charge is 0.381 e. The van der Waals surface area contributed by atoms with Gasteiger partial charge in [0.25, 0.3) is 0 Å². The molecule has 0 aliphatic heterocycles. The Morgan fingerprint density at radius 3 is 1.55 bits per heavy atom. The molecule has 126 valence electrons. The molecule has 0 rings (SSSR count). The van der Waals surface area contributed by atoms with Crippen LogP contribution in [0.15, 0.2) is 24.3 Å². The molecule has 0 radical (unpaired) electrons. The SMILES string of the molecule is C=C(C)C(=O)OC(O)(OC(=O)C(=C)C)C(C)(C)C(O)C(C)C. The highest BCUT2D eigenvalue weighted by Crippen LogP contribution is 2.40. The van der Waals surface area contributed by atoms with Crippen molar-refractivity contribution in [2.24, 2.45) is 11.3 Å². The highest BCUT2D eigenvalue weighted by molar-refractivity contribution is 5.89. The largest absolute Gasteiger partial charge is 0.394 e. The lowest BCUT2D eigenvalue weighted by atomic mass is 9.78. The van der Waals surface area contributed by atoms with Gasteiger partial charge in [-0.3, -0.25) is 0 Å². The van der Waals surface area contributed by atoms with Crippen LogP contribution < -0.4 is 0 Å². The molecule has 0 heterocycles. The van der Waals surface area contributed by atoms with E-state index in [0.29, 0.717) is 0 Å². The summed E-state index contributed by atoms with van der Waals surface area (Å²) < 4.78 is 9.86. The summed E-state index contributed by atoms with van der Waals surface area (Å²) in [7, 11) is 0. The fourth-order valence-electron chi connectivity index (χ4n) is 1.73. The first-order valence-corrected chi connectivity index (χ1v) is 6.94. The zero-order valence-corrected chi connectivity index (χ0v) is 14.1. The van der Waals surface area contributed by atoms with Gasteiger partial charge in [0, 0.05) is 11.1 Å². The summed E-state index contributed by atoms with van der Waals surface area (Å²) in [6.45, 7) is 15.9. The van der Waals surface area contributed by atoms with Gasteiger partial charge in [-0.25, -0.2) is 9.59 Å². The monoisotopic (exact) mass is 314 g/mol. The predicted molar refractivity (Wildman–Crippen MR) is 81.4 cm³/mol. The minimum absolute atomic E-state index is 0.0136. The van der Waals surface area contributed by atoms with Gasteiger partial charge in [0.05, 0.1) is 11.5 Å². The molecule has 0 spiro atoms. The van der Waals surface area contributed by atoms with Crippen molar-refractivity contribution in [3.8, 4) is 0 Å². The molecule has 1 atom stereocenters. The molecule has 0 saturated heterocycles. The molecule has 0 bridgehead atoms.